The minimum Gasteiger partial charge on any atom is -0.408 e. The Bertz CT molecular complexity index is 869. The molecule has 0 radical (unpaired) electrons. The van der Waals surface area contributed by atoms with Crippen molar-refractivity contribution < 1.29 is 18.8 Å². The van der Waals surface area contributed by atoms with Crippen LogP contribution in [0, 0.1) is 11.8 Å². The summed E-state index contributed by atoms with van der Waals surface area (Å²) in [6.07, 6.45) is 10.4. The van der Waals surface area contributed by atoms with Crippen LogP contribution in [-0.4, -0.2) is 76.2 Å². The first-order valence-corrected chi connectivity index (χ1v) is 14.5. The minimum absolute atomic E-state index is 0. The van der Waals surface area contributed by atoms with Crippen LogP contribution in [0.4, 0.5) is 0 Å². The number of amides is 2. The van der Waals surface area contributed by atoms with E-state index in [4.69, 9.17) is 4.42 Å². The summed E-state index contributed by atoms with van der Waals surface area (Å²) in [6, 6.07) is -0.785. The zero-order valence-corrected chi connectivity index (χ0v) is 24.4. The lowest BCUT2D eigenvalue weighted by molar-refractivity contribution is -0.139. The Balaban J connectivity index is 0.00000481. The van der Waals surface area contributed by atoms with E-state index in [1.807, 2.05) is 27.9 Å². The van der Waals surface area contributed by atoms with Gasteiger partial charge in [-0.25, -0.2) is 0 Å². The lowest BCUT2D eigenvalue weighted by atomic mass is 9.83. The smallest absolute Gasteiger partial charge is 0.286 e. The molecule has 37 heavy (non-hydrogen) atoms. The molecule has 0 saturated heterocycles. The number of ketones is 1. The summed E-state index contributed by atoms with van der Waals surface area (Å²) < 4.78 is 5.72. The summed E-state index contributed by atoms with van der Waals surface area (Å²) in [6.45, 7) is 4.88. The molecule has 210 valence electrons. The van der Waals surface area contributed by atoms with Crippen molar-refractivity contribution in [2.75, 3.05) is 26.4 Å². The van der Waals surface area contributed by atoms with Crippen LogP contribution < -0.4 is 5.32 Å². The van der Waals surface area contributed by atoms with E-state index in [0.717, 1.165) is 63.7 Å². The van der Waals surface area contributed by atoms with Gasteiger partial charge < -0.3 is 19.5 Å². The number of aromatic nitrogens is 2. The zero-order valence-electron chi connectivity index (χ0n) is 22.7. The van der Waals surface area contributed by atoms with Crippen LogP contribution in [0.1, 0.15) is 95.2 Å². The number of thioether (sulfide) groups is 1. The van der Waals surface area contributed by atoms with Crippen LogP contribution in [0.15, 0.2) is 9.64 Å². The molecule has 2 fully saturated rings. The molecule has 0 bridgehead atoms. The van der Waals surface area contributed by atoms with Crippen LogP contribution in [-0.2, 0) is 9.59 Å². The highest BCUT2D eigenvalue weighted by atomic mass is 35.5. The monoisotopic (exact) mass is 557 g/mol. The molecule has 2 aliphatic rings. The quantitative estimate of drug-likeness (QED) is 0.163. The van der Waals surface area contributed by atoms with Crippen molar-refractivity contribution in [1.29, 1.82) is 0 Å². The second kappa shape index (κ2) is 15.1. The largest absolute Gasteiger partial charge is 0.408 e. The van der Waals surface area contributed by atoms with E-state index in [1.165, 1.54) is 18.2 Å². The van der Waals surface area contributed by atoms with Gasteiger partial charge >= 0.3 is 0 Å². The van der Waals surface area contributed by atoms with E-state index in [0.29, 0.717) is 24.5 Å². The maximum atomic E-state index is 13.7. The first-order valence-electron chi connectivity index (χ1n) is 13.5. The fourth-order valence-electron chi connectivity index (χ4n) is 5.37. The molecule has 2 amide bonds. The van der Waals surface area contributed by atoms with Crippen LogP contribution in [0.25, 0.3) is 0 Å². The Morgan fingerprint density at radius 3 is 2.35 bits per heavy atom. The Kier molecular flexibility index (Phi) is 12.9. The average molecular weight is 558 g/mol. The van der Waals surface area contributed by atoms with E-state index in [2.05, 4.69) is 20.4 Å². The lowest BCUT2D eigenvalue weighted by Crippen LogP contribution is -2.66. The summed E-state index contributed by atoms with van der Waals surface area (Å²) >= 11 is 1.40. The number of hydrogen-bond acceptors (Lipinski definition) is 8. The molecule has 11 heteroatoms. The van der Waals surface area contributed by atoms with Crippen LogP contribution in [0.2, 0.25) is 0 Å². The Hall–Kier alpha value is -1.65. The highest BCUT2D eigenvalue weighted by Gasteiger charge is 2.46. The standard InChI is InChI=1S/C26H43N5O4S.ClH/c1-19(2)17-21(22(33)24-28-29-25(35-24)36-16-15-30(3)4)31(18-32)26(13-9-6-10-14-26)27-23(34)20-11-7-5-8-12-20;/h18-21H,5-17H2,1-4H3,(H,27,34);1H. The van der Waals surface area contributed by atoms with E-state index >= 15 is 0 Å². The molecule has 0 aliphatic heterocycles. The van der Waals surface area contributed by atoms with Gasteiger partial charge in [-0.2, -0.15) is 0 Å². The van der Waals surface area contributed by atoms with Gasteiger partial charge in [-0.3, -0.25) is 14.4 Å². The molecule has 1 atom stereocenters. The van der Waals surface area contributed by atoms with Gasteiger partial charge in [0.25, 0.3) is 11.1 Å². The lowest BCUT2D eigenvalue weighted by Gasteiger charge is -2.48. The fourth-order valence-corrected chi connectivity index (χ4v) is 6.24. The summed E-state index contributed by atoms with van der Waals surface area (Å²) in [7, 11) is 3.98. The summed E-state index contributed by atoms with van der Waals surface area (Å²) in [5.41, 5.74) is -0.868. The van der Waals surface area contributed by atoms with Gasteiger partial charge in [0, 0.05) is 18.2 Å². The van der Waals surface area contributed by atoms with Crippen molar-refractivity contribution in [3.05, 3.63) is 5.89 Å². The SMILES string of the molecule is CC(C)CC(C(=O)c1nnc(SCCN(C)C)o1)N(C=O)C1(NC(=O)C2CCCCC2)CCCCC1.Cl. The number of nitrogens with one attached hydrogen (secondary N) is 1. The van der Waals surface area contributed by atoms with Gasteiger partial charge in [-0.15, -0.1) is 22.6 Å². The highest BCUT2D eigenvalue weighted by Crippen LogP contribution is 2.35. The first-order chi connectivity index (χ1) is 17.3. The number of carbonyl (C=O) groups is 3. The van der Waals surface area contributed by atoms with E-state index in [-0.39, 0.29) is 41.8 Å². The molecule has 1 aromatic heterocycles. The third-order valence-electron chi connectivity index (χ3n) is 7.33. The second-order valence-electron chi connectivity index (χ2n) is 11.0. The van der Waals surface area contributed by atoms with E-state index in [1.54, 1.807) is 4.90 Å². The van der Waals surface area contributed by atoms with Crippen molar-refractivity contribution in [2.45, 2.75) is 101 Å². The summed E-state index contributed by atoms with van der Waals surface area (Å²) in [5, 5.41) is 11.7. The maximum Gasteiger partial charge on any atom is 0.286 e. The summed E-state index contributed by atoms with van der Waals surface area (Å²) in [5.74, 6) is 0.450. The average Bonchev–Trinajstić information content (AvgIpc) is 3.33. The first kappa shape index (κ1) is 31.6. The van der Waals surface area contributed by atoms with Gasteiger partial charge in [0.05, 0.1) is 0 Å². The molecule has 0 spiro atoms. The van der Waals surface area contributed by atoms with E-state index in [9.17, 15) is 14.4 Å². The van der Waals surface area contributed by atoms with Gasteiger partial charge in [0.15, 0.2) is 0 Å². The van der Waals surface area contributed by atoms with Crippen molar-refractivity contribution >= 4 is 42.3 Å². The molecule has 1 heterocycles. The molecule has 3 rings (SSSR count). The third kappa shape index (κ3) is 8.68. The summed E-state index contributed by atoms with van der Waals surface area (Å²) in [4.78, 5) is 43.4. The number of carbonyl (C=O) groups excluding carboxylic acids is 3. The Labute approximate surface area is 231 Å². The number of Topliss-reactive ketones (excluding diaryl/α,β-unsaturated/α-hetero) is 1. The van der Waals surface area contributed by atoms with Gasteiger partial charge in [-0.05, 0) is 65.0 Å². The minimum atomic E-state index is -0.868. The van der Waals surface area contributed by atoms with Crippen molar-refractivity contribution in [3.63, 3.8) is 0 Å². The maximum absolute atomic E-state index is 13.7. The van der Waals surface area contributed by atoms with Crippen LogP contribution >= 0.6 is 24.2 Å². The molecule has 9 nitrogen and oxygen atoms in total. The normalized spacial score (nSPS) is 18.8. The molecule has 2 aliphatic carbocycles. The molecule has 0 aromatic carbocycles. The number of hydrogen-bond donors (Lipinski definition) is 1. The van der Waals surface area contributed by atoms with E-state index < -0.39 is 11.7 Å². The molecule has 1 unspecified atom stereocenters. The van der Waals surface area contributed by atoms with Crippen molar-refractivity contribution in [2.24, 2.45) is 11.8 Å². The number of halogens is 1. The topological polar surface area (TPSA) is 109 Å². The molecule has 2 saturated carbocycles. The highest BCUT2D eigenvalue weighted by molar-refractivity contribution is 7.99. The fraction of sp³-hybridized carbons (Fsp3) is 0.808. The zero-order chi connectivity index (χ0) is 26.1. The van der Waals surface area contributed by atoms with Gasteiger partial charge in [0.2, 0.25) is 18.1 Å². The molecule has 1 aromatic rings. The second-order valence-corrected chi connectivity index (χ2v) is 12.0. The predicted octanol–water partition coefficient (Wildman–Crippen LogP) is 4.56. The van der Waals surface area contributed by atoms with Crippen LogP contribution in [0.3, 0.4) is 0 Å². The molecular formula is C26H44ClN5O4S. The van der Waals surface area contributed by atoms with Crippen molar-refractivity contribution in [1.82, 2.24) is 25.3 Å². The van der Waals surface area contributed by atoms with Crippen LogP contribution in [0.5, 0.6) is 0 Å². The molecule has 1 N–H and O–H groups in total. The van der Waals surface area contributed by atoms with Crippen molar-refractivity contribution in [3.8, 4) is 0 Å². The predicted molar refractivity (Wildman–Crippen MR) is 147 cm³/mol. The molecular weight excluding hydrogens is 514 g/mol. The Morgan fingerprint density at radius 1 is 1.11 bits per heavy atom. The third-order valence-corrected chi connectivity index (χ3v) is 8.13. The number of rotatable bonds is 13. The number of nitrogens with zero attached hydrogens (tertiary/aromatic N) is 4. The van der Waals surface area contributed by atoms with Gasteiger partial charge in [-0.1, -0.05) is 51.3 Å². The van der Waals surface area contributed by atoms with Gasteiger partial charge in [0.1, 0.15) is 11.7 Å². The Morgan fingerprint density at radius 2 is 1.76 bits per heavy atom.